The van der Waals surface area contributed by atoms with Gasteiger partial charge in [0, 0.05) is 12.8 Å². The minimum Gasteiger partial charge on any atom is -0.466 e. The molecule has 0 aliphatic carbocycles. The Bertz CT molecular complexity index is 1140. The van der Waals surface area contributed by atoms with Crippen LogP contribution in [-0.4, -0.2) is 47.4 Å². The molecule has 0 fully saturated rings. The number of carbonyl (C=O) groups excluding carboxylic acids is 2. The molecular formula is C67H129NO5. The SMILES string of the molecule is CCCCCCCCC/C=C\CCCCCCCC(=O)OCCCCCCCCC/C=C\CCCCCCCC(=O)NC(CO)C(O)CCCCCCCCCCCCCCCCCCCCCCCCCC. The zero-order valence-electron chi connectivity index (χ0n) is 49.4. The summed E-state index contributed by atoms with van der Waals surface area (Å²) in [4.78, 5) is 24.6. The van der Waals surface area contributed by atoms with Crippen LogP contribution in [0.4, 0.5) is 0 Å². The molecule has 0 radical (unpaired) electrons. The topological polar surface area (TPSA) is 95.9 Å². The number of carbonyl (C=O) groups is 2. The molecule has 6 nitrogen and oxygen atoms in total. The number of rotatable bonds is 62. The van der Waals surface area contributed by atoms with Gasteiger partial charge in [-0.1, -0.05) is 301 Å². The van der Waals surface area contributed by atoms with E-state index in [1.165, 1.54) is 270 Å². The van der Waals surface area contributed by atoms with Crippen molar-refractivity contribution >= 4 is 11.9 Å². The molecule has 0 spiro atoms. The molecule has 3 N–H and O–H groups in total. The summed E-state index contributed by atoms with van der Waals surface area (Å²) in [6, 6.07) is -0.555. The van der Waals surface area contributed by atoms with Crippen molar-refractivity contribution in [2.45, 2.75) is 379 Å². The summed E-state index contributed by atoms with van der Waals surface area (Å²) < 4.78 is 5.48. The number of aliphatic hydroxyl groups is 2. The zero-order valence-corrected chi connectivity index (χ0v) is 49.4. The van der Waals surface area contributed by atoms with Crippen molar-refractivity contribution in [1.29, 1.82) is 0 Å². The van der Waals surface area contributed by atoms with Crippen molar-refractivity contribution in [2.24, 2.45) is 0 Å². The average Bonchev–Trinajstić information content (AvgIpc) is 3.39. The lowest BCUT2D eigenvalue weighted by atomic mass is 10.0. The van der Waals surface area contributed by atoms with E-state index in [1.807, 2.05) is 0 Å². The molecule has 0 rings (SSSR count). The van der Waals surface area contributed by atoms with Crippen LogP contribution in [0.3, 0.4) is 0 Å². The standard InChI is InChI=1S/C67H129NO5/c1-3-5-7-9-11-13-15-17-19-21-22-23-24-25-26-27-28-31-35-39-43-47-51-55-59-65(70)64(63-69)68-66(71)60-56-52-48-44-40-36-32-29-30-34-38-42-46-50-54-58-62-73-67(72)61-57-53-49-45-41-37-33-20-18-16-14-12-10-8-6-4-2/h20,29,32-33,64-65,69-70H,3-19,21-28,30-31,34-63H2,1-2H3,(H,68,71)/b32-29-,33-20-. The van der Waals surface area contributed by atoms with Crippen LogP contribution >= 0.6 is 0 Å². The molecule has 0 aliphatic rings. The maximum absolute atomic E-state index is 12.5. The van der Waals surface area contributed by atoms with Crippen LogP contribution < -0.4 is 5.32 Å². The molecule has 0 saturated heterocycles. The van der Waals surface area contributed by atoms with Crippen LogP contribution in [0.15, 0.2) is 24.3 Å². The summed E-state index contributed by atoms with van der Waals surface area (Å²) in [5.74, 6) is -0.0574. The fraction of sp³-hybridized carbons (Fsp3) is 0.910. The highest BCUT2D eigenvalue weighted by Gasteiger charge is 2.20. The quantitative estimate of drug-likeness (QED) is 0.0320. The van der Waals surface area contributed by atoms with Crippen LogP contribution in [-0.2, 0) is 14.3 Å². The molecule has 0 aromatic rings. The fourth-order valence-corrected chi connectivity index (χ4v) is 10.4. The molecule has 0 saturated carbocycles. The Morgan fingerprint density at radius 2 is 0.644 bits per heavy atom. The smallest absolute Gasteiger partial charge is 0.305 e. The average molecular weight is 1030 g/mol. The van der Waals surface area contributed by atoms with Crippen LogP contribution in [0.25, 0.3) is 0 Å². The van der Waals surface area contributed by atoms with E-state index in [2.05, 4.69) is 43.5 Å². The molecular weight excluding hydrogens is 899 g/mol. The second kappa shape index (κ2) is 62.9. The molecule has 432 valence electrons. The first-order chi connectivity index (χ1) is 36.0. The third-order valence-corrected chi connectivity index (χ3v) is 15.5. The molecule has 2 unspecified atom stereocenters. The second-order valence-corrected chi connectivity index (χ2v) is 22.8. The normalized spacial score (nSPS) is 12.7. The van der Waals surface area contributed by atoms with Crippen molar-refractivity contribution < 1.29 is 24.5 Å². The van der Waals surface area contributed by atoms with E-state index >= 15 is 0 Å². The van der Waals surface area contributed by atoms with Crippen molar-refractivity contribution in [3.63, 3.8) is 0 Å². The zero-order chi connectivity index (χ0) is 52.9. The van der Waals surface area contributed by atoms with Crippen molar-refractivity contribution in [3.8, 4) is 0 Å². The first-order valence-electron chi connectivity index (χ1n) is 33.1. The van der Waals surface area contributed by atoms with Gasteiger partial charge in [0.1, 0.15) is 0 Å². The Hall–Kier alpha value is -1.66. The maximum Gasteiger partial charge on any atom is 0.305 e. The van der Waals surface area contributed by atoms with Crippen molar-refractivity contribution in [1.82, 2.24) is 5.32 Å². The van der Waals surface area contributed by atoms with E-state index in [1.54, 1.807) is 0 Å². The number of esters is 1. The fourth-order valence-electron chi connectivity index (χ4n) is 10.4. The number of allylic oxidation sites excluding steroid dienone is 4. The van der Waals surface area contributed by atoms with Gasteiger partial charge in [-0.15, -0.1) is 0 Å². The highest BCUT2D eigenvalue weighted by Crippen LogP contribution is 2.18. The van der Waals surface area contributed by atoms with E-state index in [0.29, 0.717) is 25.9 Å². The van der Waals surface area contributed by atoms with Crippen molar-refractivity contribution in [2.75, 3.05) is 13.2 Å². The highest BCUT2D eigenvalue weighted by atomic mass is 16.5. The number of hydrogen-bond acceptors (Lipinski definition) is 5. The van der Waals surface area contributed by atoms with E-state index in [9.17, 15) is 19.8 Å². The molecule has 0 aliphatic heterocycles. The number of unbranched alkanes of at least 4 members (excludes halogenated alkanes) is 47. The van der Waals surface area contributed by atoms with Crippen LogP contribution in [0.2, 0.25) is 0 Å². The van der Waals surface area contributed by atoms with E-state index in [4.69, 9.17) is 4.74 Å². The summed E-state index contributed by atoms with van der Waals surface area (Å²) in [7, 11) is 0. The number of amides is 1. The summed E-state index contributed by atoms with van der Waals surface area (Å²) in [5, 5.41) is 23.4. The molecule has 1 amide bonds. The molecule has 0 aromatic heterocycles. The van der Waals surface area contributed by atoms with Crippen LogP contribution in [0, 0.1) is 0 Å². The minimum absolute atomic E-state index is 0.00916. The number of nitrogens with one attached hydrogen (secondary N) is 1. The Kier molecular flexibility index (Phi) is 61.4. The lowest BCUT2D eigenvalue weighted by Crippen LogP contribution is -2.45. The van der Waals surface area contributed by atoms with Crippen LogP contribution in [0.1, 0.15) is 367 Å². The molecule has 2 atom stereocenters. The Balaban J connectivity index is 3.45. The Labute approximate surface area is 456 Å². The maximum atomic E-state index is 12.5. The van der Waals surface area contributed by atoms with Gasteiger partial charge in [0.25, 0.3) is 0 Å². The summed E-state index contributed by atoms with van der Waals surface area (Å²) in [5.41, 5.74) is 0. The Morgan fingerprint density at radius 1 is 0.370 bits per heavy atom. The van der Waals surface area contributed by atoms with Crippen LogP contribution in [0.5, 0.6) is 0 Å². The summed E-state index contributed by atoms with van der Waals surface area (Å²) >= 11 is 0. The lowest BCUT2D eigenvalue weighted by molar-refractivity contribution is -0.143. The summed E-state index contributed by atoms with van der Waals surface area (Å²) in [6.07, 6.45) is 77.7. The molecule has 6 heteroatoms. The van der Waals surface area contributed by atoms with Gasteiger partial charge in [-0.25, -0.2) is 0 Å². The van der Waals surface area contributed by atoms with Gasteiger partial charge in [0.15, 0.2) is 0 Å². The van der Waals surface area contributed by atoms with Gasteiger partial charge in [-0.05, 0) is 77.0 Å². The number of hydrogen-bond donors (Lipinski definition) is 3. The van der Waals surface area contributed by atoms with Gasteiger partial charge < -0.3 is 20.3 Å². The molecule has 73 heavy (non-hydrogen) atoms. The molecule has 0 bridgehead atoms. The van der Waals surface area contributed by atoms with E-state index < -0.39 is 12.1 Å². The first kappa shape index (κ1) is 71.3. The van der Waals surface area contributed by atoms with E-state index in [0.717, 1.165) is 64.2 Å². The van der Waals surface area contributed by atoms with Gasteiger partial charge in [-0.3, -0.25) is 9.59 Å². The predicted octanol–water partition coefficient (Wildman–Crippen LogP) is 21.0. The lowest BCUT2D eigenvalue weighted by Gasteiger charge is -2.22. The van der Waals surface area contributed by atoms with Crippen molar-refractivity contribution in [3.05, 3.63) is 24.3 Å². The second-order valence-electron chi connectivity index (χ2n) is 22.8. The van der Waals surface area contributed by atoms with Gasteiger partial charge in [0.05, 0.1) is 25.4 Å². The number of aliphatic hydroxyl groups excluding tert-OH is 2. The van der Waals surface area contributed by atoms with Gasteiger partial charge >= 0.3 is 5.97 Å². The Morgan fingerprint density at radius 3 is 0.973 bits per heavy atom. The van der Waals surface area contributed by atoms with Gasteiger partial charge in [0.2, 0.25) is 5.91 Å². The monoisotopic (exact) mass is 1030 g/mol. The predicted molar refractivity (Wildman–Crippen MR) is 320 cm³/mol. The van der Waals surface area contributed by atoms with E-state index in [-0.39, 0.29) is 18.5 Å². The summed E-state index contributed by atoms with van der Waals surface area (Å²) in [6.45, 7) is 4.95. The number of ether oxygens (including phenoxy) is 1. The molecule has 0 heterocycles. The highest BCUT2D eigenvalue weighted by molar-refractivity contribution is 5.76. The van der Waals surface area contributed by atoms with Gasteiger partial charge in [-0.2, -0.15) is 0 Å². The third-order valence-electron chi connectivity index (χ3n) is 15.5. The molecule has 0 aromatic carbocycles. The minimum atomic E-state index is -0.677. The third kappa shape index (κ3) is 59.4. The largest absolute Gasteiger partial charge is 0.466 e. The first-order valence-corrected chi connectivity index (χ1v) is 33.1.